The van der Waals surface area contributed by atoms with Crippen molar-refractivity contribution < 1.29 is 4.79 Å². The van der Waals surface area contributed by atoms with E-state index in [0.717, 1.165) is 24.7 Å². The van der Waals surface area contributed by atoms with Crippen LogP contribution in [0.4, 0.5) is 0 Å². The van der Waals surface area contributed by atoms with Crippen LogP contribution < -0.4 is 0 Å². The molecule has 2 aromatic rings. The van der Waals surface area contributed by atoms with Gasteiger partial charge in [0.2, 0.25) is 0 Å². The standard InChI is InChI=1S/C21H22O/c22-14-15-12-17-7-2-4-10-19(17)21(13-15)20-11-5-8-16-6-1-3-9-18(16)20/h5,8,11-14H,1-4,6-7,9-10H2. The minimum atomic E-state index is 0.837. The number of carbonyl (C=O) groups is 1. The molecular weight excluding hydrogens is 268 g/mol. The Hall–Kier alpha value is -1.89. The summed E-state index contributed by atoms with van der Waals surface area (Å²) in [5.74, 6) is 0. The molecule has 1 nitrogen and oxygen atoms in total. The SMILES string of the molecule is O=Cc1cc2c(c(-c3cccc4c3CCCC4)c1)CCCC2. The number of hydrogen-bond acceptors (Lipinski definition) is 1. The molecule has 0 N–H and O–H groups in total. The molecule has 4 rings (SSSR count). The molecule has 0 aliphatic heterocycles. The summed E-state index contributed by atoms with van der Waals surface area (Å²) < 4.78 is 0. The predicted molar refractivity (Wildman–Crippen MR) is 90.5 cm³/mol. The summed E-state index contributed by atoms with van der Waals surface area (Å²) in [5.41, 5.74) is 9.51. The minimum Gasteiger partial charge on any atom is -0.298 e. The van der Waals surface area contributed by atoms with Crippen LogP contribution >= 0.6 is 0 Å². The van der Waals surface area contributed by atoms with Crippen LogP contribution in [-0.2, 0) is 25.7 Å². The summed E-state index contributed by atoms with van der Waals surface area (Å²) in [6.45, 7) is 0. The van der Waals surface area contributed by atoms with Crippen LogP contribution in [0.15, 0.2) is 30.3 Å². The van der Waals surface area contributed by atoms with Crippen molar-refractivity contribution >= 4 is 6.29 Å². The lowest BCUT2D eigenvalue weighted by atomic mass is 9.80. The molecule has 0 atom stereocenters. The molecule has 0 amide bonds. The Morgan fingerprint density at radius 3 is 2.18 bits per heavy atom. The zero-order chi connectivity index (χ0) is 14.9. The van der Waals surface area contributed by atoms with E-state index < -0.39 is 0 Å². The van der Waals surface area contributed by atoms with Gasteiger partial charge in [-0.05, 0) is 96.9 Å². The highest BCUT2D eigenvalue weighted by atomic mass is 16.1. The maximum atomic E-state index is 11.4. The normalized spacial score (nSPS) is 16.7. The van der Waals surface area contributed by atoms with E-state index in [-0.39, 0.29) is 0 Å². The highest BCUT2D eigenvalue weighted by molar-refractivity contribution is 5.83. The van der Waals surface area contributed by atoms with Crippen LogP contribution in [0.5, 0.6) is 0 Å². The Bertz CT molecular complexity index is 727. The summed E-state index contributed by atoms with van der Waals surface area (Å²) in [4.78, 5) is 11.4. The van der Waals surface area contributed by atoms with Gasteiger partial charge in [-0.25, -0.2) is 0 Å². The number of fused-ring (bicyclic) bond motifs is 2. The monoisotopic (exact) mass is 290 g/mol. The van der Waals surface area contributed by atoms with E-state index in [1.54, 1.807) is 0 Å². The molecule has 0 spiro atoms. The van der Waals surface area contributed by atoms with E-state index in [2.05, 4.69) is 30.3 Å². The number of hydrogen-bond donors (Lipinski definition) is 0. The van der Waals surface area contributed by atoms with E-state index in [1.165, 1.54) is 71.9 Å². The van der Waals surface area contributed by atoms with Gasteiger partial charge in [0.25, 0.3) is 0 Å². The van der Waals surface area contributed by atoms with Gasteiger partial charge in [-0.3, -0.25) is 4.79 Å². The summed E-state index contributed by atoms with van der Waals surface area (Å²) in [7, 11) is 0. The van der Waals surface area contributed by atoms with Gasteiger partial charge in [0.15, 0.2) is 0 Å². The van der Waals surface area contributed by atoms with Crippen molar-refractivity contribution in [2.75, 3.05) is 0 Å². The Morgan fingerprint density at radius 2 is 1.41 bits per heavy atom. The maximum absolute atomic E-state index is 11.4. The van der Waals surface area contributed by atoms with Crippen molar-refractivity contribution in [2.45, 2.75) is 51.4 Å². The molecule has 2 aliphatic rings. The lowest BCUT2D eigenvalue weighted by Crippen LogP contribution is -2.09. The van der Waals surface area contributed by atoms with Crippen LogP contribution in [0.3, 0.4) is 0 Å². The molecule has 0 unspecified atom stereocenters. The lowest BCUT2D eigenvalue weighted by molar-refractivity contribution is 0.112. The zero-order valence-corrected chi connectivity index (χ0v) is 13.0. The van der Waals surface area contributed by atoms with E-state index in [9.17, 15) is 4.79 Å². The number of aryl methyl sites for hydroxylation is 2. The third-order valence-corrected chi connectivity index (χ3v) is 5.31. The minimum absolute atomic E-state index is 0.837. The van der Waals surface area contributed by atoms with Gasteiger partial charge in [-0.2, -0.15) is 0 Å². The summed E-state index contributed by atoms with van der Waals surface area (Å²) in [6.07, 6.45) is 10.8. The van der Waals surface area contributed by atoms with Gasteiger partial charge >= 0.3 is 0 Å². The second kappa shape index (κ2) is 5.72. The largest absolute Gasteiger partial charge is 0.298 e. The molecule has 0 saturated heterocycles. The molecular formula is C21H22O. The van der Waals surface area contributed by atoms with Crippen molar-refractivity contribution in [3.8, 4) is 11.1 Å². The average Bonchev–Trinajstić information content (AvgIpc) is 2.60. The van der Waals surface area contributed by atoms with Crippen molar-refractivity contribution in [3.63, 3.8) is 0 Å². The second-order valence-electron chi connectivity index (χ2n) is 6.68. The predicted octanol–water partition coefficient (Wildman–Crippen LogP) is 4.92. The van der Waals surface area contributed by atoms with E-state index in [0.29, 0.717) is 0 Å². The van der Waals surface area contributed by atoms with Crippen molar-refractivity contribution in [1.29, 1.82) is 0 Å². The molecule has 0 aromatic heterocycles. The zero-order valence-electron chi connectivity index (χ0n) is 13.0. The first-order chi connectivity index (χ1) is 10.9. The number of benzene rings is 2. The molecule has 1 heteroatoms. The fourth-order valence-electron chi connectivity index (χ4n) is 4.23. The topological polar surface area (TPSA) is 17.1 Å². The Morgan fingerprint density at radius 1 is 0.727 bits per heavy atom. The summed E-state index contributed by atoms with van der Waals surface area (Å²) >= 11 is 0. The lowest BCUT2D eigenvalue weighted by Gasteiger charge is -2.24. The first-order valence-corrected chi connectivity index (χ1v) is 8.59. The van der Waals surface area contributed by atoms with Crippen molar-refractivity contribution in [2.24, 2.45) is 0 Å². The smallest absolute Gasteiger partial charge is 0.150 e. The fraction of sp³-hybridized carbons (Fsp3) is 0.381. The maximum Gasteiger partial charge on any atom is 0.150 e. The molecule has 0 radical (unpaired) electrons. The van der Waals surface area contributed by atoms with Crippen LogP contribution in [-0.4, -0.2) is 6.29 Å². The van der Waals surface area contributed by atoms with Crippen molar-refractivity contribution in [3.05, 3.63) is 58.1 Å². The van der Waals surface area contributed by atoms with Crippen LogP contribution in [0.1, 0.15) is 58.3 Å². The first kappa shape index (κ1) is 13.8. The fourth-order valence-corrected chi connectivity index (χ4v) is 4.23. The quantitative estimate of drug-likeness (QED) is 0.717. The second-order valence-corrected chi connectivity index (χ2v) is 6.68. The molecule has 0 bridgehead atoms. The summed E-state index contributed by atoms with van der Waals surface area (Å²) in [5, 5.41) is 0. The molecule has 0 fully saturated rings. The van der Waals surface area contributed by atoms with Gasteiger partial charge in [0.1, 0.15) is 6.29 Å². The third-order valence-electron chi connectivity index (χ3n) is 5.31. The number of rotatable bonds is 2. The Labute approximate surface area is 132 Å². The average molecular weight is 290 g/mol. The molecule has 0 saturated carbocycles. The van der Waals surface area contributed by atoms with Gasteiger partial charge in [0.05, 0.1) is 0 Å². The summed E-state index contributed by atoms with van der Waals surface area (Å²) in [6, 6.07) is 11.0. The molecule has 2 aromatic carbocycles. The molecule has 22 heavy (non-hydrogen) atoms. The Balaban J connectivity index is 1.94. The highest BCUT2D eigenvalue weighted by Gasteiger charge is 2.20. The third kappa shape index (κ3) is 2.29. The van der Waals surface area contributed by atoms with E-state index in [1.807, 2.05) is 0 Å². The van der Waals surface area contributed by atoms with E-state index >= 15 is 0 Å². The van der Waals surface area contributed by atoms with Gasteiger partial charge in [-0.1, -0.05) is 18.2 Å². The van der Waals surface area contributed by atoms with Crippen LogP contribution in [0, 0.1) is 0 Å². The first-order valence-electron chi connectivity index (χ1n) is 8.59. The van der Waals surface area contributed by atoms with Crippen LogP contribution in [0.2, 0.25) is 0 Å². The Kier molecular flexibility index (Phi) is 3.57. The highest BCUT2D eigenvalue weighted by Crippen LogP contribution is 2.37. The van der Waals surface area contributed by atoms with Gasteiger partial charge < -0.3 is 0 Å². The molecule has 0 heterocycles. The van der Waals surface area contributed by atoms with Crippen LogP contribution in [0.25, 0.3) is 11.1 Å². The van der Waals surface area contributed by atoms with E-state index in [4.69, 9.17) is 0 Å². The van der Waals surface area contributed by atoms with Gasteiger partial charge in [0, 0.05) is 5.56 Å². The number of aldehydes is 1. The number of carbonyl (C=O) groups excluding carboxylic acids is 1. The van der Waals surface area contributed by atoms with Gasteiger partial charge in [-0.15, -0.1) is 0 Å². The molecule has 2 aliphatic carbocycles. The van der Waals surface area contributed by atoms with Crippen molar-refractivity contribution in [1.82, 2.24) is 0 Å². The molecule has 112 valence electrons.